The molecule has 0 radical (unpaired) electrons. The molecule has 15 heavy (non-hydrogen) atoms. The number of methoxy groups -OCH3 is 2. The lowest BCUT2D eigenvalue weighted by atomic mass is 10.1. The van der Waals surface area contributed by atoms with Gasteiger partial charge in [0.2, 0.25) is 0 Å². The van der Waals surface area contributed by atoms with Crippen LogP contribution in [-0.4, -0.2) is 19.5 Å². The van der Waals surface area contributed by atoms with E-state index in [4.69, 9.17) is 9.47 Å². The second kappa shape index (κ2) is 6.38. The molecule has 2 nitrogen and oxygen atoms in total. The van der Waals surface area contributed by atoms with Crippen LogP contribution in [0.3, 0.4) is 0 Å². The van der Waals surface area contributed by atoms with Crippen LogP contribution in [0.25, 0.3) is 0 Å². The van der Waals surface area contributed by atoms with Crippen molar-refractivity contribution in [1.29, 1.82) is 0 Å². The third kappa shape index (κ3) is 3.38. The van der Waals surface area contributed by atoms with Crippen molar-refractivity contribution in [1.82, 2.24) is 0 Å². The minimum atomic E-state index is 0.756. The van der Waals surface area contributed by atoms with E-state index >= 15 is 0 Å². The smallest absolute Gasteiger partial charge is 0.161 e. The molecule has 0 aliphatic heterocycles. The second-order valence-electron chi connectivity index (χ2n) is 3.09. The Morgan fingerprint density at radius 3 is 2.27 bits per heavy atom. The van der Waals surface area contributed by atoms with E-state index in [0.717, 1.165) is 34.1 Å². The first-order chi connectivity index (χ1) is 7.22. The maximum atomic E-state index is 5.25. The standard InChI is InChI=1S/C11H14Br2O2/c1-14-10-6-8(4-3-5-12)9(13)7-11(10)15-2/h6-7H,3-5H2,1-2H3. The van der Waals surface area contributed by atoms with Gasteiger partial charge in [0.25, 0.3) is 0 Å². The van der Waals surface area contributed by atoms with Crippen molar-refractivity contribution < 1.29 is 9.47 Å². The number of benzene rings is 1. The molecule has 1 rings (SSSR count). The zero-order chi connectivity index (χ0) is 11.3. The molecule has 4 heteroatoms. The van der Waals surface area contributed by atoms with E-state index in [2.05, 4.69) is 31.9 Å². The van der Waals surface area contributed by atoms with Crippen molar-refractivity contribution in [2.75, 3.05) is 19.5 Å². The SMILES string of the molecule is COc1cc(Br)c(CCCBr)cc1OC. The molecule has 0 heterocycles. The summed E-state index contributed by atoms with van der Waals surface area (Å²) in [5.41, 5.74) is 1.24. The quantitative estimate of drug-likeness (QED) is 0.761. The van der Waals surface area contributed by atoms with Gasteiger partial charge in [-0.05, 0) is 30.5 Å². The molecule has 84 valence electrons. The fourth-order valence-electron chi connectivity index (χ4n) is 1.35. The highest BCUT2D eigenvalue weighted by Gasteiger charge is 2.08. The summed E-state index contributed by atoms with van der Waals surface area (Å²) in [6.45, 7) is 0. The zero-order valence-electron chi connectivity index (χ0n) is 8.85. The molecule has 0 saturated carbocycles. The molecular weight excluding hydrogens is 324 g/mol. The Bertz CT molecular complexity index is 327. The average Bonchev–Trinajstić information content (AvgIpc) is 2.27. The van der Waals surface area contributed by atoms with Gasteiger partial charge in [-0.2, -0.15) is 0 Å². The number of rotatable bonds is 5. The van der Waals surface area contributed by atoms with Crippen molar-refractivity contribution in [3.05, 3.63) is 22.2 Å². The van der Waals surface area contributed by atoms with Crippen LogP contribution in [0.5, 0.6) is 11.5 Å². The average molecular weight is 338 g/mol. The monoisotopic (exact) mass is 336 g/mol. The van der Waals surface area contributed by atoms with Crippen molar-refractivity contribution in [3.63, 3.8) is 0 Å². The molecule has 1 aromatic carbocycles. The number of ether oxygens (including phenoxy) is 2. The topological polar surface area (TPSA) is 18.5 Å². The van der Waals surface area contributed by atoms with Gasteiger partial charge in [0.1, 0.15) is 0 Å². The Morgan fingerprint density at radius 1 is 1.13 bits per heavy atom. The molecule has 0 aliphatic rings. The van der Waals surface area contributed by atoms with Gasteiger partial charge in [-0.3, -0.25) is 0 Å². The molecule has 0 amide bonds. The van der Waals surface area contributed by atoms with E-state index in [1.807, 2.05) is 12.1 Å². The maximum Gasteiger partial charge on any atom is 0.161 e. The van der Waals surface area contributed by atoms with Gasteiger partial charge in [0.05, 0.1) is 14.2 Å². The van der Waals surface area contributed by atoms with Crippen molar-refractivity contribution in [2.45, 2.75) is 12.8 Å². The second-order valence-corrected chi connectivity index (χ2v) is 4.74. The summed E-state index contributed by atoms with van der Waals surface area (Å²) in [6, 6.07) is 3.97. The molecule has 0 spiro atoms. The Hall–Kier alpha value is -0.220. The summed E-state index contributed by atoms with van der Waals surface area (Å²) < 4.78 is 11.5. The van der Waals surface area contributed by atoms with Crippen LogP contribution in [0.1, 0.15) is 12.0 Å². The van der Waals surface area contributed by atoms with Crippen LogP contribution in [0.4, 0.5) is 0 Å². The molecule has 0 aromatic heterocycles. The van der Waals surface area contributed by atoms with E-state index in [1.165, 1.54) is 5.56 Å². The first-order valence-electron chi connectivity index (χ1n) is 4.69. The van der Waals surface area contributed by atoms with E-state index in [-0.39, 0.29) is 0 Å². The largest absolute Gasteiger partial charge is 0.493 e. The van der Waals surface area contributed by atoms with Gasteiger partial charge in [-0.25, -0.2) is 0 Å². The number of halogens is 2. The zero-order valence-corrected chi connectivity index (χ0v) is 12.0. The van der Waals surface area contributed by atoms with Crippen LogP contribution in [0.15, 0.2) is 16.6 Å². The summed E-state index contributed by atoms with van der Waals surface area (Å²) in [7, 11) is 3.29. The van der Waals surface area contributed by atoms with E-state index < -0.39 is 0 Å². The minimum absolute atomic E-state index is 0.756. The van der Waals surface area contributed by atoms with Crippen molar-refractivity contribution >= 4 is 31.9 Å². The molecule has 0 atom stereocenters. The summed E-state index contributed by atoms with van der Waals surface area (Å²) >= 11 is 6.95. The first-order valence-corrected chi connectivity index (χ1v) is 6.60. The Morgan fingerprint density at radius 2 is 1.73 bits per heavy atom. The number of hydrogen-bond donors (Lipinski definition) is 0. The molecule has 0 saturated heterocycles. The van der Waals surface area contributed by atoms with E-state index in [1.54, 1.807) is 14.2 Å². The lowest BCUT2D eigenvalue weighted by Crippen LogP contribution is -1.94. The van der Waals surface area contributed by atoms with Crippen LogP contribution in [-0.2, 0) is 6.42 Å². The highest BCUT2D eigenvalue weighted by molar-refractivity contribution is 9.10. The van der Waals surface area contributed by atoms with Crippen LogP contribution in [0, 0.1) is 0 Å². The summed E-state index contributed by atoms with van der Waals surface area (Å²) in [5, 5.41) is 1.01. The maximum absolute atomic E-state index is 5.25. The fourth-order valence-corrected chi connectivity index (χ4v) is 2.15. The first kappa shape index (κ1) is 12.8. The number of aryl methyl sites for hydroxylation is 1. The summed E-state index contributed by atoms with van der Waals surface area (Å²) in [6.07, 6.45) is 2.13. The van der Waals surface area contributed by atoms with Crippen molar-refractivity contribution in [3.8, 4) is 11.5 Å². The highest BCUT2D eigenvalue weighted by Crippen LogP contribution is 2.33. The molecule has 0 aliphatic carbocycles. The summed E-state index contributed by atoms with van der Waals surface area (Å²) in [5.74, 6) is 1.54. The van der Waals surface area contributed by atoms with Crippen LogP contribution >= 0.6 is 31.9 Å². The number of hydrogen-bond acceptors (Lipinski definition) is 2. The normalized spacial score (nSPS) is 10.1. The van der Waals surface area contributed by atoms with Gasteiger partial charge in [-0.1, -0.05) is 31.9 Å². The molecule has 0 fully saturated rings. The van der Waals surface area contributed by atoms with Gasteiger partial charge in [0, 0.05) is 9.80 Å². The van der Waals surface area contributed by atoms with Gasteiger partial charge < -0.3 is 9.47 Å². The highest BCUT2D eigenvalue weighted by atomic mass is 79.9. The predicted octanol–water partition coefficient (Wildman–Crippen LogP) is 3.79. The van der Waals surface area contributed by atoms with Gasteiger partial charge in [0.15, 0.2) is 11.5 Å². The van der Waals surface area contributed by atoms with Gasteiger partial charge >= 0.3 is 0 Å². The molecule has 1 aromatic rings. The van der Waals surface area contributed by atoms with E-state index in [0.29, 0.717) is 0 Å². The minimum Gasteiger partial charge on any atom is -0.493 e. The van der Waals surface area contributed by atoms with Crippen LogP contribution in [0.2, 0.25) is 0 Å². The fraction of sp³-hybridized carbons (Fsp3) is 0.455. The predicted molar refractivity (Wildman–Crippen MR) is 69.4 cm³/mol. The van der Waals surface area contributed by atoms with Crippen molar-refractivity contribution in [2.24, 2.45) is 0 Å². The number of alkyl halides is 1. The third-order valence-corrected chi connectivity index (χ3v) is 3.43. The third-order valence-electron chi connectivity index (χ3n) is 2.13. The summed E-state index contributed by atoms with van der Waals surface area (Å²) in [4.78, 5) is 0. The molecule has 0 unspecified atom stereocenters. The van der Waals surface area contributed by atoms with E-state index in [9.17, 15) is 0 Å². The van der Waals surface area contributed by atoms with Gasteiger partial charge in [-0.15, -0.1) is 0 Å². The molecular formula is C11H14Br2O2. The lowest BCUT2D eigenvalue weighted by molar-refractivity contribution is 0.354. The molecule has 0 N–H and O–H groups in total. The van der Waals surface area contributed by atoms with Crippen LogP contribution < -0.4 is 9.47 Å². The Balaban J connectivity index is 2.97. The Kier molecular flexibility index (Phi) is 5.47. The lowest BCUT2D eigenvalue weighted by Gasteiger charge is -2.11. The Labute approximate surface area is 107 Å². The molecule has 0 bridgehead atoms.